The highest BCUT2D eigenvalue weighted by Gasteiger charge is 2.72. The van der Waals surface area contributed by atoms with Crippen LogP contribution in [0.4, 0.5) is 5.95 Å². The van der Waals surface area contributed by atoms with Crippen LogP contribution in [-0.2, 0) is 32.2 Å². The summed E-state index contributed by atoms with van der Waals surface area (Å²) in [4.78, 5) is 57.6. The molecule has 0 bridgehead atoms. The smallest absolute Gasteiger partial charge is 0.387 e. The van der Waals surface area contributed by atoms with E-state index in [2.05, 4.69) is 29.5 Å². The number of aliphatic hydroxyl groups is 2. The second kappa shape index (κ2) is 8.29. The Morgan fingerprint density at radius 2 is 1.97 bits per heavy atom. The van der Waals surface area contributed by atoms with E-state index in [1.807, 2.05) is 0 Å². The Morgan fingerprint density at radius 3 is 2.52 bits per heavy atom. The zero-order chi connectivity index (χ0) is 25.0. The molecule has 7 atom stereocenters. The largest absolute Gasteiger partial charge is 0.473 e. The fraction of sp³-hybridized carbons (Fsp3) is 0.538. The van der Waals surface area contributed by atoms with Crippen LogP contribution in [0, 0.1) is 12.3 Å². The molecular formula is C13H17N5O13P2. The number of Topliss-reactive ketones (excluding diaryl/α,β-unsaturated/α-hetero) is 1. The number of carbonyl (C=O) groups is 1. The minimum absolute atomic E-state index is 0.367. The Hall–Kier alpha value is -2.10. The van der Waals surface area contributed by atoms with Gasteiger partial charge in [0.25, 0.3) is 5.79 Å². The summed E-state index contributed by atoms with van der Waals surface area (Å²) in [6.45, 7) is -0.949. The number of hydrogen-bond acceptors (Lipinski definition) is 14. The highest BCUT2D eigenvalue weighted by molar-refractivity contribution is 7.47. The summed E-state index contributed by atoms with van der Waals surface area (Å²) in [6.07, 6.45) is -0.876. The van der Waals surface area contributed by atoms with Crippen molar-refractivity contribution in [1.29, 1.82) is 0 Å². The first-order valence-electron chi connectivity index (χ1n) is 8.53. The summed E-state index contributed by atoms with van der Waals surface area (Å²) in [5, 5.41) is 20.1. The van der Waals surface area contributed by atoms with E-state index in [0.717, 1.165) is 10.9 Å². The maximum atomic E-state index is 12.1. The molecule has 9 N–H and O–H groups in total. The number of terminal acetylenes is 1. The van der Waals surface area contributed by atoms with Crippen molar-refractivity contribution in [3.05, 3.63) is 16.8 Å². The van der Waals surface area contributed by atoms with Gasteiger partial charge in [0, 0.05) is 0 Å². The predicted octanol–water partition coefficient (Wildman–Crippen LogP) is -4.31. The summed E-state index contributed by atoms with van der Waals surface area (Å²) in [7, 11) is -10.6. The van der Waals surface area contributed by atoms with E-state index in [-0.39, 0.29) is 5.95 Å². The zero-order valence-corrected chi connectivity index (χ0v) is 17.9. The highest BCUT2D eigenvalue weighted by atomic mass is 31.2. The molecule has 0 spiro atoms. The molecule has 0 amide bonds. The third-order valence-electron chi connectivity index (χ3n) is 4.56. The van der Waals surface area contributed by atoms with Gasteiger partial charge in [-0.15, -0.1) is 6.42 Å². The van der Waals surface area contributed by atoms with Gasteiger partial charge in [-0.3, -0.25) is 18.4 Å². The predicted molar refractivity (Wildman–Crippen MR) is 100 cm³/mol. The highest BCUT2D eigenvalue weighted by Crippen LogP contribution is 2.56. The average molecular weight is 513 g/mol. The quantitative estimate of drug-likeness (QED) is 0.0982. The number of nitrogens with two attached hydrogens (primary N) is 2. The van der Waals surface area contributed by atoms with Crippen molar-refractivity contribution in [2.45, 2.75) is 35.9 Å². The minimum Gasteiger partial charge on any atom is -0.387 e. The van der Waals surface area contributed by atoms with Crippen LogP contribution < -0.4 is 17.2 Å². The van der Waals surface area contributed by atoms with Crippen molar-refractivity contribution in [2.75, 3.05) is 12.3 Å². The summed E-state index contributed by atoms with van der Waals surface area (Å²) in [6, 6.07) is 0. The van der Waals surface area contributed by atoms with E-state index in [0.29, 0.717) is 0 Å². The van der Waals surface area contributed by atoms with Gasteiger partial charge in [0.1, 0.15) is 18.5 Å². The summed E-state index contributed by atoms with van der Waals surface area (Å²) in [5.41, 5.74) is 8.22. The average Bonchev–Trinajstić information content (AvgIpc) is 3.04. The Balaban J connectivity index is 1.70. The van der Waals surface area contributed by atoms with Crippen LogP contribution >= 0.6 is 15.6 Å². The number of anilines is 1. The van der Waals surface area contributed by atoms with Gasteiger partial charge in [0.2, 0.25) is 11.7 Å². The molecule has 3 rings (SSSR count). The molecule has 2 aliphatic rings. The molecule has 0 aromatic carbocycles. The van der Waals surface area contributed by atoms with Gasteiger partial charge < -0.3 is 41.1 Å². The van der Waals surface area contributed by atoms with E-state index in [1.165, 1.54) is 0 Å². The first kappa shape index (κ1) is 25.5. The second-order valence-corrected chi connectivity index (χ2v) is 9.42. The number of ether oxygens (including phenoxy) is 1. The standard InChI is InChI=1S/C13H17N5O13P2/c1-2-12(15)6(19)5(29-9(12)18-4-16-10(14)17-11(18)21)3-28-33(26,27)30-8-7(20)13(8,22)31-32(23,24)25/h1,4-6,8-9,19,22H,3,15H2,(H,26,27)(H2,14,17,21)(H2,23,24,25)/t5-,6?,8?,9-,12?,13?/m1/s1. The lowest BCUT2D eigenvalue weighted by Crippen LogP contribution is -2.55. The van der Waals surface area contributed by atoms with Crippen molar-refractivity contribution in [3.63, 3.8) is 0 Å². The number of aromatic nitrogens is 3. The Morgan fingerprint density at radius 1 is 1.33 bits per heavy atom. The van der Waals surface area contributed by atoms with Crippen LogP contribution in [0.25, 0.3) is 0 Å². The van der Waals surface area contributed by atoms with Crippen LogP contribution in [0.1, 0.15) is 6.23 Å². The SMILES string of the molecule is C#CC1(N)C(O)[C@@H](COP(=O)(O)OC2C(=O)C2(O)OP(=O)(O)O)O[C@H]1n1cnc(N)nc1=O. The molecule has 182 valence electrons. The molecule has 33 heavy (non-hydrogen) atoms. The van der Waals surface area contributed by atoms with Crippen molar-refractivity contribution >= 4 is 27.4 Å². The number of ketones is 1. The molecule has 2 fully saturated rings. The number of phosphoric ester groups is 2. The first-order valence-corrected chi connectivity index (χ1v) is 11.6. The van der Waals surface area contributed by atoms with Gasteiger partial charge in [0.05, 0.1) is 6.61 Å². The molecule has 1 saturated heterocycles. The summed E-state index contributed by atoms with van der Waals surface area (Å²) < 4.78 is 41.8. The Kier molecular flexibility index (Phi) is 6.41. The van der Waals surface area contributed by atoms with E-state index in [1.54, 1.807) is 0 Å². The van der Waals surface area contributed by atoms with E-state index >= 15 is 0 Å². The van der Waals surface area contributed by atoms with Gasteiger partial charge >= 0.3 is 21.3 Å². The van der Waals surface area contributed by atoms with Gasteiger partial charge in [-0.05, 0) is 0 Å². The van der Waals surface area contributed by atoms with E-state index in [4.69, 9.17) is 32.4 Å². The number of rotatable bonds is 8. The number of aliphatic hydroxyl groups excluding tert-OH is 1. The molecule has 0 radical (unpaired) electrons. The molecular weight excluding hydrogens is 496 g/mol. The molecule has 20 heteroatoms. The summed E-state index contributed by atoms with van der Waals surface area (Å²) in [5.74, 6) is -2.94. The fourth-order valence-electron chi connectivity index (χ4n) is 2.88. The Labute approximate surface area is 182 Å². The van der Waals surface area contributed by atoms with Crippen LogP contribution in [-0.4, -0.2) is 81.5 Å². The fourth-order valence-corrected chi connectivity index (χ4v) is 4.33. The normalized spacial score (nSPS) is 35.7. The zero-order valence-electron chi connectivity index (χ0n) is 16.1. The maximum absolute atomic E-state index is 12.1. The number of nitrogen functional groups attached to an aromatic ring is 1. The van der Waals surface area contributed by atoms with Crippen LogP contribution in [0.3, 0.4) is 0 Å². The number of hydrogen-bond donors (Lipinski definition) is 7. The summed E-state index contributed by atoms with van der Waals surface area (Å²) >= 11 is 0. The lowest BCUT2D eigenvalue weighted by Gasteiger charge is -2.27. The lowest BCUT2D eigenvalue weighted by atomic mass is 9.92. The van der Waals surface area contributed by atoms with Crippen LogP contribution in [0.2, 0.25) is 0 Å². The monoisotopic (exact) mass is 513 g/mol. The van der Waals surface area contributed by atoms with Gasteiger partial charge in [-0.1, -0.05) is 5.92 Å². The molecule has 1 aliphatic heterocycles. The molecule has 1 saturated carbocycles. The maximum Gasteiger partial charge on any atom is 0.473 e. The molecule has 1 aliphatic carbocycles. The van der Waals surface area contributed by atoms with Gasteiger partial charge in [0.15, 0.2) is 17.9 Å². The molecule has 18 nitrogen and oxygen atoms in total. The van der Waals surface area contributed by atoms with E-state index in [9.17, 15) is 33.8 Å². The van der Waals surface area contributed by atoms with Crippen LogP contribution in [0.15, 0.2) is 11.1 Å². The molecule has 5 unspecified atom stereocenters. The van der Waals surface area contributed by atoms with Crippen molar-refractivity contribution in [3.8, 4) is 12.3 Å². The molecule has 1 aromatic rings. The van der Waals surface area contributed by atoms with Gasteiger partial charge in [-0.2, -0.15) is 4.98 Å². The van der Waals surface area contributed by atoms with Crippen molar-refractivity contribution in [1.82, 2.24) is 14.5 Å². The second-order valence-electron chi connectivity index (χ2n) is 6.85. The number of phosphoric acid groups is 2. The van der Waals surface area contributed by atoms with Crippen molar-refractivity contribution < 1.29 is 57.1 Å². The van der Waals surface area contributed by atoms with Crippen molar-refractivity contribution in [2.24, 2.45) is 5.73 Å². The van der Waals surface area contributed by atoms with Gasteiger partial charge in [-0.25, -0.2) is 23.4 Å². The minimum atomic E-state index is -5.36. The topological polar surface area (TPSA) is 289 Å². The Bertz CT molecular complexity index is 1160. The van der Waals surface area contributed by atoms with E-state index < -0.39 is 69.6 Å². The molecule has 1 aromatic heterocycles. The van der Waals surface area contributed by atoms with Crippen LogP contribution in [0.5, 0.6) is 0 Å². The third-order valence-corrected chi connectivity index (χ3v) is 6.03. The third kappa shape index (κ3) is 4.90. The first-order chi connectivity index (χ1) is 15.0. The number of carbonyl (C=O) groups excluding carboxylic acids is 1. The molecule has 2 heterocycles. The number of nitrogens with zero attached hydrogens (tertiary/aromatic N) is 3. The lowest BCUT2D eigenvalue weighted by molar-refractivity contribution is -0.132.